The van der Waals surface area contributed by atoms with Crippen LogP contribution in [-0.4, -0.2) is 0 Å². The molecule has 1 aromatic rings. The van der Waals surface area contributed by atoms with Gasteiger partial charge in [0.25, 0.3) is 0 Å². The van der Waals surface area contributed by atoms with Crippen molar-refractivity contribution < 1.29 is 0 Å². The van der Waals surface area contributed by atoms with Crippen LogP contribution in [0.15, 0.2) is 66.8 Å². The molecule has 0 radical (unpaired) electrons. The zero-order valence-electron chi connectivity index (χ0n) is 10.4. The maximum atomic E-state index is 2.34. The lowest BCUT2D eigenvalue weighted by atomic mass is 9.88. The zero-order valence-corrected chi connectivity index (χ0v) is 10.4. The van der Waals surface area contributed by atoms with Crippen LogP contribution < -0.4 is 0 Å². The van der Waals surface area contributed by atoms with Crippen LogP contribution in [0.25, 0.3) is 0 Å². The zero-order chi connectivity index (χ0) is 11.9. The van der Waals surface area contributed by atoms with E-state index < -0.39 is 0 Å². The molecular formula is C17H20. The molecule has 1 aromatic carbocycles. The van der Waals surface area contributed by atoms with E-state index in [9.17, 15) is 0 Å². The molecule has 0 heterocycles. The second-order valence-electron chi connectivity index (χ2n) is 4.73. The summed E-state index contributed by atoms with van der Waals surface area (Å²) in [5, 5.41) is 0. The van der Waals surface area contributed by atoms with Gasteiger partial charge in [-0.15, -0.1) is 0 Å². The fourth-order valence-corrected chi connectivity index (χ4v) is 2.19. The lowest BCUT2D eigenvalue weighted by molar-refractivity contribution is 0.462. The summed E-state index contributed by atoms with van der Waals surface area (Å²) in [5.41, 5.74) is 1.44. The summed E-state index contributed by atoms with van der Waals surface area (Å²) >= 11 is 0. The fourth-order valence-electron chi connectivity index (χ4n) is 2.19. The first-order valence-electron chi connectivity index (χ1n) is 6.42. The van der Waals surface area contributed by atoms with E-state index in [0.717, 1.165) is 0 Å². The van der Waals surface area contributed by atoms with Crippen LogP contribution >= 0.6 is 0 Å². The third kappa shape index (κ3) is 3.74. The van der Waals surface area contributed by atoms with Crippen molar-refractivity contribution in [2.45, 2.75) is 19.8 Å². The van der Waals surface area contributed by atoms with Gasteiger partial charge in [0.1, 0.15) is 0 Å². The molecule has 0 aliphatic heterocycles. The maximum absolute atomic E-state index is 2.34. The lowest BCUT2D eigenvalue weighted by Gasteiger charge is -2.17. The Bertz CT molecular complexity index is 393. The summed E-state index contributed by atoms with van der Waals surface area (Å²) in [6, 6.07) is 10.8. The number of hydrogen-bond acceptors (Lipinski definition) is 0. The molecule has 2 rings (SSSR count). The van der Waals surface area contributed by atoms with E-state index in [2.05, 4.69) is 73.7 Å². The second-order valence-corrected chi connectivity index (χ2v) is 4.73. The van der Waals surface area contributed by atoms with Crippen molar-refractivity contribution in [2.24, 2.45) is 11.8 Å². The van der Waals surface area contributed by atoms with Crippen LogP contribution in [-0.2, 0) is 6.42 Å². The minimum Gasteiger partial charge on any atom is -0.0773 e. The van der Waals surface area contributed by atoms with Crippen LogP contribution in [0.5, 0.6) is 0 Å². The van der Waals surface area contributed by atoms with Crippen molar-refractivity contribution in [2.75, 3.05) is 0 Å². The van der Waals surface area contributed by atoms with Crippen molar-refractivity contribution >= 4 is 0 Å². The number of benzene rings is 1. The molecule has 0 unspecified atom stereocenters. The van der Waals surface area contributed by atoms with E-state index in [-0.39, 0.29) is 0 Å². The van der Waals surface area contributed by atoms with Crippen molar-refractivity contribution in [3.05, 3.63) is 72.4 Å². The first kappa shape index (κ1) is 11.9. The normalized spacial score (nSPS) is 17.0. The second kappa shape index (κ2) is 6.24. The molecule has 1 aliphatic carbocycles. The SMILES string of the molecule is C[C@H](CCc1ccccc1)C1C=CC=CC=C1. The standard InChI is InChI=1S/C17H20/c1-15(17-11-7-2-3-8-12-17)13-14-16-9-5-4-6-10-16/h2-12,15,17H,13-14H2,1H3/t15-/m1/s1. The van der Waals surface area contributed by atoms with Crippen LogP contribution in [0.2, 0.25) is 0 Å². The first-order valence-corrected chi connectivity index (χ1v) is 6.42. The number of allylic oxidation sites excluding steroid dienone is 6. The van der Waals surface area contributed by atoms with Gasteiger partial charge in [0.15, 0.2) is 0 Å². The first-order chi connectivity index (χ1) is 8.36. The lowest BCUT2D eigenvalue weighted by Crippen LogP contribution is -2.07. The minimum absolute atomic E-state index is 0.578. The Morgan fingerprint density at radius 3 is 2.24 bits per heavy atom. The maximum Gasteiger partial charge on any atom is -0.00215 e. The molecular weight excluding hydrogens is 204 g/mol. The molecule has 1 atom stereocenters. The molecule has 1 aliphatic rings. The van der Waals surface area contributed by atoms with E-state index in [0.29, 0.717) is 11.8 Å². The van der Waals surface area contributed by atoms with E-state index in [4.69, 9.17) is 0 Å². The predicted molar refractivity (Wildman–Crippen MR) is 74.8 cm³/mol. The van der Waals surface area contributed by atoms with Gasteiger partial charge in [-0.1, -0.05) is 73.7 Å². The van der Waals surface area contributed by atoms with Gasteiger partial charge >= 0.3 is 0 Å². The molecule has 0 saturated carbocycles. The predicted octanol–water partition coefficient (Wildman–Crippen LogP) is 4.55. The molecule has 88 valence electrons. The Kier molecular flexibility index (Phi) is 4.37. The van der Waals surface area contributed by atoms with Gasteiger partial charge in [-0.05, 0) is 30.2 Å². The third-order valence-electron chi connectivity index (χ3n) is 3.39. The molecule has 0 heteroatoms. The van der Waals surface area contributed by atoms with Gasteiger partial charge in [0.2, 0.25) is 0 Å². The largest absolute Gasteiger partial charge is 0.0773 e. The monoisotopic (exact) mass is 224 g/mol. The Morgan fingerprint density at radius 1 is 0.941 bits per heavy atom. The van der Waals surface area contributed by atoms with Crippen molar-refractivity contribution in [3.8, 4) is 0 Å². The summed E-state index contributed by atoms with van der Waals surface area (Å²) in [7, 11) is 0. The summed E-state index contributed by atoms with van der Waals surface area (Å²) in [6.45, 7) is 2.34. The fraction of sp³-hybridized carbons (Fsp3) is 0.294. The minimum atomic E-state index is 0.578. The van der Waals surface area contributed by atoms with E-state index in [1.165, 1.54) is 18.4 Å². The van der Waals surface area contributed by atoms with Gasteiger partial charge in [-0.3, -0.25) is 0 Å². The smallest absolute Gasteiger partial charge is 0.00215 e. The summed E-state index contributed by atoms with van der Waals surface area (Å²) < 4.78 is 0. The molecule has 0 spiro atoms. The van der Waals surface area contributed by atoms with Crippen molar-refractivity contribution in [1.82, 2.24) is 0 Å². The van der Waals surface area contributed by atoms with Gasteiger partial charge in [-0.2, -0.15) is 0 Å². The van der Waals surface area contributed by atoms with Crippen LogP contribution in [0.4, 0.5) is 0 Å². The molecule has 0 fully saturated rings. The summed E-state index contributed by atoms with van der Waals surface area (Å²) in [5.74, 6) is 1.27. The number of rotatable bonds is 4. The summed E-state index contributed by atoms with van der Waals surface area (Å²) in [4.78, 5) is 0. The Labute approximate surface area is 104 Å². The highest BCUT2D eigenvalue weighted by Crippen LogP contribution is 2.22. The molecule has 0 saturated heterocycles. The molecule has 0 amide bonds. The van der Waals surface area contributed by atoms with Crippen LogP contribution in [0.3, 0.4) is 0 Å². The molecule has 0 nitrogen and oxygen atoms in total. The average molecular weight is 224 g/mol. The van der Waals surface area contributed by atoms with Crippen LogP contribution in [0, 0.1) is 11.8 Å². The van der Waals surface area contributed by atoms with Crippen molar-refractivity contribution in [1.29, 1.82) is 0 Å². The van der Waals surface area contributed by atoms with Gasteiger partial charge < -0.3 is 0 Å². The van der Waals surface area contributed by atoms with E-state index >= 15 is 0 Å². The number of hydrogen-bond donors (Lipinski definition) is 0. The summed E-state index contributed by atoms with van der Waals surface area (Å²) in [6.07, 6.45) is 15.5. The van der Waals surface area contributed by atoms with Gasteiger partial charge in [0.05, 0.1) is 0 Å². The van der Waals surface area contributed by atoms with Crippen molar-refractivity contribution in [3.63, 3.8) is 0 Å². The van der Waals surface area contributed by atoms with E-state index in [1.807, 2.05) is 0 Å². The highest BCUT2D eigenvalue weighted by molar-refractivity contribution is 5.20. The topological polar surface area (TPSA) is 0 Å². The molecule has 0 bridgehead atoms. The molecule has 17 heavy (non-hydrogen) atoms. The highest BCUT2D eigenvalue weighted by Gasteiger charge is 2.11. The number of aryl methyl sites for hydroxylation is 1. The van der Waals surface area contributed by atoms with Gasteiger partial charge in [-0.25, -0.2) is 0 Å². The van der Waals surface area contributed by atoms with Gasteiger partial charge in [0, 0.05) is 0 Å². The van der Waals surface area contributed by atoms with Crippen LogP contribution in [0.1, 0.15) is 18.9 Å². The Balaban J connectivity index is 1.87. The Hall–Kier alpha value is -1.56. The highest BCUT2D eigenvalue weighted by atomic mass is 14.2. The molecule has 0 N–H and O–H groups in total. The Morgan fingerprint density at radius 2 is 1.59 bits per heavy atom. The van der Waals surface area contributed by atoms with E-state index in [1.54, 1.807) is 0 Å². The quantitative estimate of drug-likeness (QED) is 0.703. The average Bonchev–Trinajstić information content (AvgIpc) is 2.66. The third-order valence-corrected chi connectivity index (χ3v) is 3.39. The molecule has 0 aromatic heterocycles.